The molecule has 1 aliphatic carbocycles. The number of carbonyl (C=O) groups is 1. The van der Waals surface area contributed by atoms with Crippen molar-refractivity contribution in [3.63, 3.8) is 0 Å². The van der Waals surface area contributed by atoms with E-state index in [9.17, 15) is 4.79 Å². The van der Waals surface area contributed by atoms with Crippen LogP contribution in [0.5, 0.6) is 0 Å². The lowest BCUT2D eigenvalue weighted by Gasteiger charge is -2.43. The van der Waals surface area contributed by atoms with Crippen molar-refractivity contribution in [1.29, 1.82) is 0 Å². The Kier molecular flexibility index (Phi) is 6.92. The Bertz CT molecular complexity index is 308. The highest BCUT2D eigenvalue weighted by molar-refractivity contribution is 5.84. The first-order valence-electron chi connectivity index (χ1n) is 7.82. The number of nitrogens with zero attached hydrogens (tertiary/aromatic N) is 2. The molecule has 0 radical (unpaired) electrons. The van der Waals surface area contributed by atoms with E-state index in [2.05, 4.69) is 36.1 Å². The fourth-order valence-corrected chi connectivity index (χ4v) is 3.32. The Morgan fingerprint density at radius 3 is 2.60 bits per heavy atom. The molecule has 0 aromatic heterocycles. The van der Waals surface area contributed by atoms with E-state index in [1.54, 1.807) is 0 Å². The molecule has 0 saturated heterocycles. The van der Waals surface area contributed by atoms with Crippen molar-refractivity contribution in [1.82, 2.24) is 15.1 Å². The molecular weight excluding hydrogens is 252 g/mol. The lowest BCUT2D eigenvalue weighted by atomic mass is 9.78. The van der Waals surface area contributed by atoms with E-state index in [-0.39, 0.29) is 5.91 Å². The van der Waals surface area contributed by atoms with E-state index in [1.807, 2.05) is 7.05 Å². The summed E-state index contributed by atoms with van der Waals surface area (Å²) in [6, 6.07) is 0.468. The average molecular weight is 284 g/mol. The molecule has 1 fully saturated rings. The van der Waals surface area contributed by atoms with Gasteiger partial charge in [0.25, 0.3) is 0 Å². The third-order valence-electron chi connectivity index (χ3n) is 4.65. The van der Waals surface area contributed by atoms with Crippen LogP contribution in [-0.4, -0.2) is 68.1 Å². The van der Waals surface area contributed by atoms with Gasteiger partial charge in [-0.2, -0.15) is 0 Å². The number of primary amides is 1. The molecule has 1 rings (SSSR count). The van der Waals surface area contributed by atoms with Crippen LogP contribution in [0, 0.1) is 0 Å². The van der Waals surface area contributed by atoms with Crippen LogP contribution in [-0.2, 0) is 4.79 Å². The second-order valence-electron chi connectivity index (χ2n) is 6.23. The molecule has 2 atom stereocenters. The normalized spacial score (nSPS) is 27.2. The number of carbonyl (C=O) groups excluding carboxylic acids is 1. The van der Waals surface area contributed by atoms with Gasteiger partial charge in [0, 0.05) is 6.04 Å². The van der Waals surface area contributed by atoms with Crippen LogP contribution < -0.4 is 11.1 Å². The Morgan fingerprint density at radius 2 is 2.10 bits per heavy atom. The highest BCUT2D eigenvalue weighted by Gasteiger charge is 2.41. The van der Waals surface area contributed by atoms with Gasteiger partial charge in [-0.3, -0.25) is 4.79 Å². The van der Waals surface area contributed by atoms with Gasteiger partial charge in [-0.15, -0.1) is 0 Å². The Hall–Kier alpha value is -0.650. The zero-order valence-electron chi connectivity index (χ0n) is 13.6. The van der Waals surface area contributed by atoms with E-state index in [0.717, 1.165) is 38.9 Å². The molecule has 1 saturated carbocycles. The summed E-state index contributed by atoms with van der Waals surface area (Å²) in [5, 5.41) is 3.19. The predicted molar refractivity (Wildman–Crippen MR) is 83.7 cm³/mol. The molecule has 0 heterocycles. The van der Waals surface area contributed by atoms with Crippen LogP contribution in [0.25, 0.3) is 0 Å². The number of nitrogens with one attached hydrogen (secondary N) is 1. The van der Waals surface area contributed by atoms with Crippen LogP contribution in [0.2, 0.25) is 0 Å². The standard InChI is InChI=1S/C15H32N4O/c1-5-19(11-7-10-18(3)4)13-8-6-9-15(12-13,17-2)14(16)20/h13,17H,5-12H2,1-4H3,(H2,16,20). The molecular formula is C15H32N4O. The predicted octanol–water partition coefficient (Wildman–Crippen LogP) is 0.646. The van der Waals surface area contributed by atoms with Crippen LogP contribution in [0.3, 0.4) is 0 Å². The summed E-state index contributed by atoms with van der Waals surface area (Å²) < 4.78 is 0. The van der Waals surface area contributed by atoms with Crippen molar-refractivity contribution in [3.8, 4) is 0 Å². The van der Waals surface area contributed by atoms with Crippen LogP contribution >= 0.6 is 0 Å². The van der Waals surface area contributed by atoms with Gasteiger partial charge in [0.1, 0.15) is 0 Å². The first kappa shape index (κ1) is 17.4. The summed E-state index contributed by atoms with van der Waals surface area (Å²) in [6.45, 7) is 5.44. The Morgan fingerprint density at radius 1 is 1.40 bits per heavy atom. The molecule has 0 aliphatic heterocycles. The number of hydrogen-bond acceptors (Lipinski definition) is 4. The number of nitrogens with two attached hydrogens (primary N) is 1. The SMILES string of the molecule is CCN(CCCN(C)C)C1CCCC(NC)(C(N)=O)C1. The van der Waals surface area contributed by atoms with Crippen molar-refractivity contribution in [3.05, 3.63) is 0 Å². The van der Waals surface area contributed by atoms with Crippen molar-refractivity contribution in [2.24, 2.45) is 5.73 Å². The number of hydrogen-bond donors (Lipinski definition) is 2. The summed E-state index contributed by atoms with van der Waals surface area (Å²) >= 11 is 0. The summed E-state index contributed by atoms with van der Waals surface area (Å²) in [5.41, 5.74) is 5.13. The lowest BCUT2D eigenvalue weighted by molar-refractivity contribution is -0.126. The minimum Gasteiger partial charge on any atom is -0.368 e. The van der Waals surface area contributed by atoms with Crippen LogP contribution in [0.4, 0.5) is 0 Å². The molecule has 5 nitrogen and oxygen atoms in total. The average Bonchev–Trinajstić information content (AvgIpc) is 2.43. The van der Waals surface area contributed by atoms with Crippen LogP contribution in [0.15, 0.2) is 0 Å². The molecule has 0 aromatic carbocycles. The first-order valence-corrected chi connectivity index (χ1v) is 7.82. The van der Waals surface area contributed by atoms with Gasteiger partial charge in [0.05, 0.1) is 5.54 Å². The topological polar surface area (TPSA) is 61.6 Å². The van der Waals surface area contributed by atoms with Crippen molar-refractivity contribution < 1.29 is 4.79 Å². The second kappa shape index (κ2) is 7.96. The van der Waals surface area contributed by atoms with Gasteiger partial charge in [0.2, 0.25) is 5.91 Å². The Labute approximate surface area is 123 Å². The van der Waals surface area contributed by atoms with E-state index in [0.29, 0.717) is 6.04 Å². The number of amides is 1. The van der Waals surface area contributed by atoms with Gasteiger partial charge in [-0.25, -0.2) is 0 Å². The Balaban J connectivity index is 2.61. The second-order valence-corrected chi connectivity index (χ2v) is 6.23. The monoisotopic (exact) mass is 284 g/mol. The summed E-state index contributed by atoms with van der Waals surface area (Å²) in [5.74, 6) is -0.200. The zero-order chi connectivity index (χ0) is 15.2. The minimum atomic E-state index is -0.502. The third kappa shape index (κ3) is 4.43. The molecule has 0 spiro atoms. The van der Waals surface area contributed by atoms with E-state index >= 15 is 0 Å². The number of rotatable bonds is 8. The van der Waals surface area contributed by atoms with Gasteiger partial charge in [0.15, 0.2) is 0 Å². The van der Waals surface area contributed by atoms with Crippen molar-refractivity contribution >= 4 is 5.91 Å². The highest BCUT2D eigenvalue weighted by Crippen LogP contribution is 2.31. The van der Waals surface area contributed by atoms with E-state index < -0.39 is 5.54 Å². The smallest absolute Gasteiger partial charge is 0.237 e. The fraction of sp³-hybridized carbons (Fsp3) is 0.933. The highest BCUT2D eigenvalue weighted by atomic mass is 16.1. The molecule has 1 amide bonds. The third-order valence-corrected chi connectivity index (χ3v) is 4.65. The van der Waals surface area contributed by atoms with Gasteiger partial charge < -0.3 is 20.9 Å². The quantitative estimate of drug-likeness (QED) is 0.687. The molecule has 118 valence electrons. The molecule has 1 aliphatic rings. The first-order chi connectivity index (χ1) is 9.45. The summed E-state index contributed by atoms with van der Waals surface area (Å²) in [4.78, 5) is 16.5. The summed E-state index contributed by atoms with van der Waals surface area (Å²) in [6.07, 6.45) is 5.12. The molecule has 20 heavy (non-hydrogen) atoms. The van der Waals surface area contributed by atoms with Gasteiger partial charge in [-0.1, -0.05) is 6.92 Å². The maximum absolute atomic E-state index is 11.8. The molecule has 5 heteroatoms. The molecule has 0 bridgehead atoms. The zero-order valence-corrected chi connectivity index (χ0v) is 13.6. The largest absolute Gasteiger partial charge is 0.368 e. The lowest BCUT2D eigenvalue weighted by Crippen LogP contribution is -2.59. The number of likely N-dealkylation sites (N-methyl/N-ethyl adjacent to an activating group) is 1. The van der Waals surface area contributed by atoms with Crippen LogP contribution in [0.1, 0.15) is 39.0 Å². The van der Waals surface area contributed by atoms with Gasteiger partial charge in [-0.05, 0) is 72.9 Å². The van der Waals surface area contributed by atoms with Gasteiger partial charge >= 0.3 is 0 Å². The maximum atomic E-state index is 11.8. The van der Waals surface area contributed by atoms with Crippen molar-refractivity contribution in [2.45, 2.75) is 50.6 Å². The van der Waals surface area contributed by atoms with Crippen molar-refractivity contribution in [2.75, 3.05) is 40.8 Å². The van der Waals surface area contributed by atoms with E-state index in [1.165, 1.54) is 12.8 Å². The molecule has 2 unspecified atom stereocenters. The fourth-order valence-electron chi connectivity index (χ4n) is 3.32. The summed E-state index contributed by atoms with van der Waals surface area (Å²) in [7, 11) is 6.07. The molecule has 3 N–H and O–H groups in total. The maximum Gasteiger partial charge on any atom is 0.237 e. The molecule has 0 aromatic rings. The minimum absolute atomic E-state index is 0.200. The van der Waals surface area contributed by atoms with E-state index in [4.69, 9.17) is 5.73 Å².